The molecule has 118 valence electrons. The zero-order valence-electron chi connectivity index (χ0n) is 12.5. The Morgan fingerprint density at radius 3 is 2.04 bits per heavy atom. The normalized spacial score (nSPS) is 10.1. The van der Waals surface area contributed by atoms with Crippen LogP contribution in [0.3, 0.4) is 0 Å². The van der Waals surface area contributed by atoms with E-state index in [4.69, 9.17) is 0 Å². The van der Waals surface area contributed by atoms with Crippen LogP contribution in [0.15, 0.2) is 36.9 Å². The van der Waals surface area contributed by atoms with Crippen molar-refractivity contribution in [1.82, 2.24) is 0 Å². The molecule has 2 aromatic rings. The van der Waals surface area contributed by atoms with Gasteiger partial charge in [-0.25, -0.2) is 17.6 Å². The van der Waals surface area contributed by atoms with Gasteiger partial charge < -0.3 is 0 Å². The van der Waals surface area contributed by atoms with Crippen molar-refractivity contribution >= 4 is 0 Å². The van der Waals surface area contributed by atoms with Crippen LogP contribution < -0.4 is 0 Å². The number of halogens is 4. The minimum atomic E-state index is -1.10. The van der Waals surface area contributed by atoms with Crippen molar-refractivity contribution in [2.45, 2.75) is 19.8 Å². The molecule has 2 aromatic carbocycles. The van der Waals surface area contributed by atoms with Gasteiger partial charge in [-0.1, -0.05) is 30.0 Å². The molecule has 0 saturated carbocycles. The van der Waals surface area contributed by atoms with Gasteiger partial charge in [0, 0.05) is 0 Å². The predicted molar refractivity (Wildman–Crippen MR) is 82.0 cm³/mol. The molecule has 0 N–H and O–H groups in total. The van der Waals surface area contributed by atoms with Crippen molar-refractivity contribution in [2.75, 3.05) is 0 Å². The molecule has 0 bridgehead atoms. The van der Waals surface area contributed by atoms with E-state index in [9.17, 15) is 17.6 Å². The van der Waals surface area contributed by atoms with E-state index in [1.165, 1.54) is 31.2 Å². The number of aryl methyl sites for hydroxylation is 2. The van der Waals surface area contributed by atoms with E-state index in [1.807, 2.05) is 0 Å². The fourth-order valence-electron chi connectivity index (χ4n) is 2.01. The van der Waals surface area contributed by atoms with E-state index in [-0.39, 0.29) is 22.3 Å². The van der Waals surface area contributed by atoms with Crippen molar-refractivity contribution in [1.29, 1.82) is 0 Å². The fourth-order valence-corrected chi connectivity index (χ4v) is 2.01. The van der Waals surface area contributed by atoms with Crippen LogP contribution in [0.4, 0.5) is 17.6 Å². The number of benzene rings is 2. The summed E-state index contributed by atoms with van der Waals surface area (Å²) in [6.07, 6.45) is 2.47. The minimum absolute atomic E-state index is 0.150. The molecule has 0 fully saturated rings. The second-order valence-corrected chi connectivity index (χ2v) is 5.04. The molecule has 0 saturated heterocycles. The van der Waals surface area contributed by atoms with E-state index < -0.39 is 23.3 Å². The third-order valence-electron chi connectivity index (χ3n) is 3.39. The predicted octanol–water partition coefficient (Wildman–Crippen LogP) is 5.07. The zero-order chi connectivity index (χ0) is 17.0. The van der Waals surface area contributed by atoms with Crippen LogP contribution in [-0.2, 0) is 6.42 Å². The smallest absolute Gasteiger partial charge is 0.174 e. The molecule has 0 atom stereocenters. The summed E-state index contributed by atoms with van der Waals surface area (Å²) >= 11 is 0. The number of allylic oxidation sites excluding steroid dienone is 1. The molecule has 0 heterocycles. The number of rotatable bonds is 3. The van der Waals surface area contributed by atoms with E-state index in [0.717, 1.165) is 0 Å². The molecular formula is C19H14F4. The zero-order valence-corrected chi connectivity index (χ0v) is 12.5. The molecule has 0 aliphatic heterocycles. The number of hydrogen-bond donors (Lipinski definition) is 0. The van der Waals surface area contributed by atoms with Gasteiger partial charge in [0.2, 0.25) is 0 Å². The van der Waals surface area contributed by atoms with Gasteiger partial charge in [-0.15, -0.1) is 6.58 Å². The highest BCUT2D eigenvalue weighted by Crippen LogP contribution is 2.18. The van der Waals surface area contributed by atoms with E-state index in [0.29, 0.717) is 12.8 Å². The monoisotopic (exact) mass is 318 g/mol. The summed E-state index contributed by atoms with van der Waals surface area (Å²) in [4.78, 5) is 0. The van der Waals surface area contributed by atoms with Crippen LogP contribution in [-0.4, -0.2) is 0 Å². The van der Waals surface area contributed by atoms with Crippen molar-refractivity contribution in [3.05, 3.63) is 82.4 Å². The quantitative estimate of drug-likeness (QED) is 0.421. The van der Waals surface area contributed by atoms with E-state index in [2.05, 4.69) is 18.4 Å². The number of hydrogen-bond acceptors (Lipinski definition) is 0. The Morgan fingerprint density at radius 1 is 0.870 bits per heavy atom. The molecule has 0 aliphatic carbocycles. The Morgan fingerprint density at radius 2 is 1.43 bits per heavy atom. The Kier molecular flexibility index (Phi) is 5.23. The SMILES string of the molecule is C=CCCc1ccc(C#Cc2ccc(C)c(F)c2F)c(F)c1F. The first-order valence-corrected chi connectivity index (χ1v) is 7.00. The second-order valence-electron chi connectivity index (χ2n) is 5.04. The average Bonchev–Trinajstić information content (AvgIpc) is 2.54. The second kappa shape index (κ2) is 7.15. The summed E-state index contributed by atoms with van der Waals surface area (Å²) in [5.74, 6) is 0.528. The lowest BCUT2D eigenvalue weighted by atomic mass is 10.1. The summed E-state index contributed by atoms with van der Waals surface area (Å²) in [7, 11) is 0. The maximum absolute atomic E-state index is 14.0. The van der Waals surface area contributed by atoms with Crippen LogP contribution in [0.1, 0.15) is 28.7 Å². The van der Waals surface area contributed by atoms with Gasteiger partial charge in [0.1, 0.15) is 0 Å². The largest absolute Gasteiger partial charge is 0.203 e. The van der Waals surface area contributed by atoms with Crippen molar-refractivity contribution in [2.24, 2.45) is 0 Å². The molecule has 4 heteroatoms. The fraction of sp³-hybridized carbons (Fsp3) is 0.158. The molecule has 0 aromatic heterocycles. The summed E-state index contributed by atoms with van der Waals surface area (Å²) in [5.41, 5.74) is -0.0359. The molecule has 23 heavy (non-hydrogen) atoms. The lowest BCUT2D eigenvalue weighted by Crippen LogP contribution is -1.98. The van der Waals surface area contributed by atoms with Gasteiger partial charge in [0.15, 0.2) is 23.3 Å². The van der Waals surface area contributed by atoms with Crippen LogP contribution in [0, 0.1) is 42.0 Å². The Balaban J connectivity index is 2.37. The standard InChI is InChI=1S/C19H14F4/c1-3-4-5-13-8-9-15(19(23)18(13)22)11-10-14-7-6-12(2)16(20)17(14)21/h3,6-9H,1,4-5H2,2H3. The molecule has 0 spiro atoms. The Bertz CT molecular complexity index is 810. The third-order valence-corrected chi connectivity index (χ3v) is 3.39. The topological polar surface area (TPSA) is 0 Å². The van der Waals surface area contributed by atoms with Gasteiger partial charge >= 0.3 is 0 Å². The van der Waals surface area contributed by atoms with Gasteiger partial charge in [0.05, 0.1) is 11.1 Å². The Hall–Kier alpha value is -2.54. The van der Waals surface area contributed by atoms with Crippen LogP contribution >= 0.6 is 0 Å². The molecule has 0 unspecified atom stereocenters. The van der Waals surface area contributed by atoms with Crippen molar-refractivity contribution in [3.63, 3.8) is 0 Å². The van der Waals surface area contributed by atoms with E-state index in [1.54, 1.807) is 6.08 Å². The minimum Gasteiger partial charge on any atom is -0.203 e. The maximum atomic E-state index is 14.0. The molecule has 2 rings (SSSR count). The maximum Gasteiger partial charge on any atom is 0.174 e. The van der Waals surface area contributed by atoms with Gasteiger partial charge in [-0.05, 0) is 43.0 Å². The molecule has 0 aliphatic rings. The van der Waals surface area contributed by atoms with Gasteiger partial charge in [0.25, 0.3) is 0 Å². The summed E-state index contributed by atoms with van der Waals surface area (Å²) in [5, 5.41) is 0. The average molecular weight is 318 g/mol. The molecule has 0 radical (unpaired) electrons. The van der Waals surface area contributed by atoms with Crippen molar-refractivity contribution in [3.8, 4) is 11.8 Å². The first-order chi connectivity index (χ1) is 11.0. The lowest BCUT2D eigenvalue weighted by Gasteiger charge is -2.04. The summed E-state index contributed by atoms with van der Waals surface area (Å²) in [6.45, 7) is 4.95. The van der Waals surface area contributed by atoms with Crippen LogP contribution in [0.2, 0.25) is 0 Å². The summed E-state index contributed by atoms with van der Waals surface area (Å²) < 4.78 is 55.0. The van der Waals surface area contributed by atoms with Gasteiger partial charge in [-0.2, -0.15) is 0 Å². The highest BCUT2D eigenvalue weighted by Gasteiger charge is 2.12. The highest BCUT2D eigenvalue weighted by atomic mass is 19.2. The first kappa shape index (κ1) is 16.8. The summed E-state index contributed by atoms with van der Waals surface area (Å²) in [6, 6.07) is 5.43. The molecule has 0 nitrogen and oxygen atoms in total. The van der Waals surface area contributed by atoms with Crippen LogP contribution in [0.25, 0.3) is 0 Å². The lowest BCUT2D eigenvalue weighted by molar-refractivity contribution is 0.496. The first-order valence-electron chi connectivity index (χ1n) is 7.00. The van der Waals surface area contributed by atoms with Crippen LogP contribution in [0.5, 0.6) is 0 Å². The highest BCUT2D eigenvalue weighted by molar-refractivity contribution is 5.46. The third kappa shape index (κ3) is 3.62. The Labute approximate surface area is 132 Å². The van der Waals surface area contributed by atoms with Gasteiger partial charge in [-0.3, -0.25) is 0 Å². The molecular weight excluding hydrogens is 304 g/mol. The van der Waals surface area contributed by atoms with E-state index >= 15 is 0 Å². The van der Waals surface area contributed by atoms with Crippen molar-refractivity contribution < 1.29 is 17.6 Å². The molecule has 0 amide bonds.